The van der Waals surface area contributed by atoms with Gasteiger partial charge in [-0.2, -0.15) is 0 Å². The van der Waals surface area contributed by atoms with Crippen molar-refractivity contribution in [2.75, 3.05) is 5.75 Å². The zero-order valence-electron chi connectivity index (χ0n) is 7.42. The molecule has 0 aliphatic rings. The number of hydrogen-bond acceptors (Lipinski definition) is 2. The van der Waals surface area contributed by atoms with Gasteiger partial charge in [-0.15, -0.1) is 0 Å². The van der Waals surface area contributed by atoms with E-state index in [0.29, 0.717) is 12.2 Å². The fraction of sp³-hybridized carbons (Fsp3) is 0.875. The zero-order valence-corrected chi connectivity index (χ0v) is 8.24. The summed E-state index contributed by atoms with van der Waals surface area (Å²) in [7, 11) is -0.806. The number of hydrogen-bond donors (Lipinski definition) is 0. The van der Waals surface area contributed by atoms with Crippen LogP contribution in [0.25, 0.3) is 0 Å². The van der Waals surface area contributed by atoms with E-state index in [2.05, 4.69) is 0 Å². The molecule has 0 aliphatic heterocycles. The van der Waals surface area contributed by atoms with Crippen LogP contribution in [0.2, 0.25) is 0 Å². The summed E-state index contributed by atoms with van der Waals surface area (Å²) < 4.78 is 11.2. The average Bonchev–Trinajstić information content (AvgIpc) is 1.86. The maximum atomic E-state index is 11.2. The van der Waals surface area contributed by atoms with Crippen molar-refractivity contribution >= 4 is 16.6 Å². The van der Waals surface area contributed by atoms with Gasteiger partial charge in [0.25, 0.3) is 0 Å². The van der Waals surface area contributed by atoms with E-state index in [1.807, 2.05) is 13.8 Å². The molecule has 2 unspecified atom stereocenters. The van der Waals surface area contributed by atoms with Gasteiger partial charge in [-0.3, -0.25) is 9.00 Å². The third-order valence-corrected chi connectivity index (χ3v) is 3.30. The van der Waals surface area contributed by atoms with Gasteiger partial charge in [0, 0.05) is 28.2 Å². The lowest BCUT2D eigenvalue weighted by atomic mass is 10.2. The van der Waals surface area contributed by atoms with Crippen LogP contribution in [-0.4, -0.2) is 21.0 Å². The van der Waals surface area contributed by atoms with E-state index >= 15 is 0 Å². The highest BCUT2D eigenvalue weighted by Gasteiger charge is 2.11. The van der Waals surface area contributed by atoms with Gasteiger partial charge in [-0.05, 0) is 13.3 Å². The van der Waals surface area contributed by atoms with E-state index in [9.17, 15) is 9.00 Å². The highest BCUT2D eigenvalue weighted by Crippen LogP contribution is 2.03. The maximum absolute atomic E-state index is 11.2. The molecule has 0 saturated carbocycles. The predicted octanol–water partition coefficient (Wildman–Crippen LogP) is 1.51. The van der Waals surface area contributed by atoms with Crippen LogP contribution in [-0.2, 0) is 15.6 Å². The summed E-state index contributed by atoms with van der Waals surface area (Å²) in [5, 5.41) is 0.0347. The Balaban J connectivity index is 3.73. The molecule has 0 heterocycles. The summed E-state index contributed by atoms with van der Waals surface area (Å²) in [4.78, 5) is 10.6. The van der Waals surface area contributed by atoms with Crippen molar-refractivity contribution in [3.63, 3.8) is 0 Å². The van der Waals surface area contributed by atoms with Gasteiger partial charge in [0.05, 0.1) is 0 Å². The molecule has 0 N–H and O–H groups in total. The molecule has 0 saturated heterocycles. The van der Waals surface area contributed by atoms with Gasteiger partial charge in [0.15, 0.2) is 0 Å². The highest BCUT2D eigenvalue weighted by atomic mass is 32.2. The Kier molecular flexibility index (Phi) is 5.38. The minimum atomic E-state index is -0.806. The van der Waals surface area contributed by atoms with Crippen LogP contribution < -0.4 is 0 Å². The number of ketones is 1. The van der Waals surface area contributed by atoms with Crippen molar-refractivity contribution in [3.05, 3.63) is 0 Å². The molecule has 0 rings (SSSR count). The zero-order chi connectivity index (χ0) is 8.85. The monoisotopic (exact) mass is 176 g/mol. The van der Waals surface area contributed by atoms with Crippen LogP contribution in [0, 0.1) is 0 Å². The van der Waals surface area contributed by atoms with Gasteiger partial charge in [0.2, 0.25) is 0 Å². The van der Waals surface area contributed by atoms with E-state index in [1.54, 1.807) is 6.92 Å². The first kappa shape index (κ1) is 10.8. The lowest BCUT2D eigenvalue weighted by molar-refractivity contribution is -0.116. The molecule has 11 heavy (non-hydrogen) atoms. The lowest BCUT2D eigenvalue weighted by Crippen LogP contribution is -2.16. The SMILES string of the molecule is CCCS(=O)C(C)CC(C)=O. The molecule has 0 amide bonds. The van der Waals surface area contributed by atoms with Crippen LogP contribution in [0.5, 0.6) is 0 Å². The quantitative estimate of drug-likeness (QED) is 0.636. The number of carbonyl (C=O) groups is 1. The summed E-state index contributed by atoms with van der Waals surface area (Å²) in [6.45, 7) is 5.41. The Morgan fingerprint density at radius 3 is 2.45 bits per heavy atom. The van der Waals surface area contributed by atoms with Crippen molar-refractivity contribution in [1.29, 1.82) is 0 Å². The molecule has 0 fully saturated rings. The van der Waals surface area contributed by atoms with Crippen molar-refractivity contribution in [1.82, 2.24) is 0 Å². The smallest absolute Gasteiger partial charge is 0.131 e. The fourth-order valence-electron chi connectivity index (χ4n) is 0.900. The van der Waals surface area contributed by atoms with Crippen molar-refractivity contribution in [2.24, 2.45) is 0 Å². The minimum Gasteiger partial charge on any atom is -0.300 e. The average molecular weight is 176 g/mol. The number of carbonyl (C=O) groups excluding carboxylic acids is 1. The summed E-state index contributed by atoms with van der Waals surface area (Å²) in [6, 6.07) is 0. The molecule has 2 atom stereocenters. The fourth-order valence-corrected chi connectivity index (χ4v) is 2.13. The van der Waals surface area contributed by atoms with Crippen molar-refractivity contribution < 1.29 is 9.00 Å². The second-order valence-corrected chi connectivity index (χ2v) is 4.78. The minimum absolute atomic E-state index is 0.0347. The van der Waals surface area contributed by atoms with Crippen LogP contribution in [0.4, 0.5) is 0 Å². The molecular formula is C8H16O2S. The Morgan fingerprint density at radius 2 is 2.09 bits per heavy atom. The molecule has 0 radical (unpaired) electrons. The topological polar surface area (TPSA) is 34.1 Å². The second-order valence-electron chi connectivity index (χ2n) is 2.80. The van der Waals surface area contributed by atoms with Gasteiger partial charge in [-0.25, -0.2) is 0 Å². The number of rotatable bonds is 5. The maximum Gasteiger partial charge on any atom is 0.131 e. The Morgan fingerprint density at radius 1 is 1.55 bits per heavy atom. The largest absolute Gasteiger partial charge is 0.300 e. The van der Waals surface area contributed by atoms with Crippen molar-refractivity contribution in [3.8, 4) is 0 Å². The van der Waals surface area contributed by atoms with Gasteiger partial charge in [-0.1, -0.05) is 13.8 Å². The van der Waals surface area contributed by atoms with Crippen LogP contribution in [0.1, 0.15) is 33.6 Å². The van der Waals surface area contributed by atoms with E-state index in [-0.39, 0.29) is 11.0 Å². The third kappa shape index (κ3) is 5.13. The van der Waals surface area contributed by atoms with Gasteiger partial charge < -0.3 is 0 Å². The summed E-state index contributed by atoms with van der Waals surface area (Å²) in [5.41, 5.74) is 0. The molecule has 0 spiro atoms. The molecule has 0 aromatic heterocycles. The summed E-state index contributed by atoms with van der Waals surface area (Å²) in [5.74, 6) is 0.844. The molecule has 0 aliphatic carbocycles. The second kappa shape index (κ2) is 5.47. The third-order valence-electron chi connectivity index (χ3n) is 1.43. The van der Waals surface area contributed by atoms with Gasteiger partial charge >= 0.3 is 0 Å². The van der Waals surface area contributed by atoms with Crippen LogP contribution in [0.3, 0.4) is 0 Å². The summed E-state index contributed by atoms with van der Waals surface area (Å²) in [6.07, 6.45) is 1.38. The van der Waals surface area contributed by atoms with E-state index in [1.165, 1.54) is 0 Å². The standard InChI is InChI=1S/C8H16O2S/c1-4-5-11(10)8(3)6-7(2)9/h8H,4-6H2,1-3H3. The van der Waals surface area contributed by atoms with E-state index < -0.39 is 10.8 Å². The molecular weight excluding hydrogens is 160 g/mol. The highest BCUT2D eigenvalue weighted by molar-refractivity contribution is 7.85. The molecule has 0 aromatic rings. The molecule has 0 aromatic carbocycles. The normalized spacial score (nSPS) is 15.9. The van der Waals surface area contributed by atoms with Crippen molar-refractivity contribution in [2.45, 2.75) is 38.9 Å². The van der Waals surface area contributed by atoms with Crippen LogP contribution in [0.15, 0.2) is 0 Å². The first-order valence-corrected chi connectivity index (χ1v) is 5.32. The lowest BCUT2D eigenvalue weighted by Gasteiger charge is -2.07. The van der Waals surface area contributed by atoms with Gasteiger partial charge in [0.1, 0.15) is 5.78 Å². The Labute approximate surface area is 70.8 Å². The first-order valence-electron chi connectivity index (χ1n) is 3.94. The number of Topliss-reactive ketones (excluding diaryl/α,β-unsaturated/α-hetero) is 1. The van der Waals surface area contributed by atoms with E-state index in [0.717, 1.165) is 6.42 Å². The predicted molar refractivity (Wildman–Crippen MR) is 48.1 cm³/mol. The Bertz CT molecular complexity index is 154. The summed E-state index contributed by atoms with van der Waals surface area (Å²) >= 11 is 0. The molecule has 0 bridgehead atoms. The van der Waals surface area contributed by atoms with Crippen LogP contribution >= 0.6 is 0 Å². The first-order chi connectivity index (χ1) is 5.07. The molecule has 66 valence electrons. The van der Waals surface area contributed by atoms with E-state index in [4.69, 9.17) is 0 Å². The Hall–Kier alpha value is -0.180. The molecule has 3 heteroatoms. The molecule has 2 nitrogen and oxygen atoms in total.